The van der Waals surface area contributed by atoms with E-state index in [0.29, 0.717) is 35.9 Å². The largest absolute Gasteiger partial charge is 0.360 e. The lowest BCUT2D eigenvalue weighted by molar-refractivity contribution is 0.0931. The first-order chi connectivity index (χ1) is 8.17. The smallest absolute Gasteiger partial charge is 0.257 e. The second-order valence-electron chi connectivity index (χ2n) is 4.57. The fourth-order valence-electron chi connectivity index (χ4n) is 2.06. The highest BCUT2D eigenvalue weighted by atomic mass is 16.5. The summed E-state index contributed by atoms with van der Waals surface area (Å²) in [6.07, 6.45) is 2.98. The molecule has 1 atom stereocenters. The van der Waals surface area contributed by atoms with Crippen LogP contribution in [0.4, 0.5) is 0 Å². The lowest BCUT2D eigenvalue weighted by Gasteiger charge is -2.15. The maximum absolute atomic E-state index is 12.1. The van der Waals surface area contributed by atoms with E-state index < -0.39 is 0 Å². The number of nitrogens with two attached hydrogens (primary N) is 1. The first-order valence-electron chi connectivity index (χ1n) is 6.13. The summed E-state index contributed by atoms with van der Waals surface area (Å²) in [4.78, 5) is 12.1. The van der Waals surface area contributed by atoms with Crippen LogP contribution in [-0.2, 0) is 6.42 Å². The number of hydrogen-bond donors (Lipinski definition) is 2. The molecule has 0 saturated heterocycles. The zero-order chi connectivity index (χ0) is 12.4. The molecule has 0 aliphatic heterocycles. The van der Waals surface area contributed by atoms with Gasteiger partial charge in [0, 0.05) is 19.0 Å². The summed E-state index contributed by atoms with van der Waals surface area (Å²) in [5.41, 5.74) is 6.89. The highest BCUT2D eigenvalue weighted by Crippen LogP contribution is 2.32. The standard InChI is InChI=1S/C12H19N3O2/c1-3-10-11(7(2)15-17-10)12(16)14-9(6-13)8-4-5-8/h8-9H,3-6,13H2,1-2H3,(H,14,16). The molecule has 0 radical (unpaired) electrons. The van der Waals surface area contributed by atoms with Crippen molar-refractivity contribution < 1.29 is 9.32 Å². The number of rotatable bonds is 5. The van der Waals surface area contributed by atoms with E-state index in [0.717, 1.165) is 12.8 Å². The summed E-state index contributed by atoms with van der Waals surface area (Å²) in [6, 6.07) is 0.0847. The highest BCUT2D eigenvalue weighted by Gasteiger charge is 2.32. The van der Waals surface area contributed by atoms with Gasteiger partial charge in [0.2, 0.25) is 0 Å². The fraction of sp³-hybridized carbons (Fsp3) is 0.667. The lowest BCUT2D eigenvalue weighted by atomic mass is 10.1. The van der Waals surface area contributed by atoms with Gasteiger partial charge < -0.3 is 15.6 Å². The van der Waals surface area contributed by atoms with Crippen molar-refractivity contribution in [1.29, 1.82) is 0 Å². The van der Waals surface area contributed by atoms with Crippen LogP contribution in [0, 0.1) is 12.8 Å². The summed E-state index contributed by atoms with van der Waals surface area (Å²) in [6.45, 7) is 4.21. The molecule has 1 aromatic rings. The Balaban J connectivity index is 2.10. The molecular weight excluding hydrogens is 218 g/mol. The van der Waals surface area contributed by atoms with Crippen LogP contribution >= 0.6 is 0 Å². The molecular formula is C12H19N3O2. The van der Waals surface area contributed by atoms with Gasteiger partial charge in [-0.25, -0.2) is 0 Å². The number of aryl methyl sites for hydroxylation is 2. The van der Waals surface area contributed by atoms with E-state index in [1.165, 1.54) is 0 Å². The van der Waals surface area contributed by atoms with E-state index in [9.17, 15) is 4.79 Å². The highest BCUT2D eigenvalue weighted by molar-refractivity contribution is 5.96. The van der Waals surface area contributed by atoms with E-state index in [1.54, 1.807) is 6.92 Å². The minimum Gasteiger partial charge on any atom is -0.360 e. The molecule has 2 rings (SSSR count). The molecule has 3 N–H and O–H groups in total. The molecule has 1 saturated carbocycles. The van der Waals surface area contributed by atoms with Crippen LogP contribution in [0.2, 0.25) is 0 Å². The Labute approximate surface area is 101 Å². The van der Waals surface area contributed by atoms with E-state index in [1.807, 2.05) is 6.92 Å². The zero-order valence-electron chi connectivity index (χ0n) is 10.3. The molecule has 5 nitrogen and oxygen atoms in total. The molecule has 1 amide bonds. The first kappa shape index (κ1) is 12.1. The van der Waals surface area contributed by atoms with Crippen molar-refractivity contribution in [1.82, 2.24) is 10.5 Å². The number of amides is 1. The Kier molecular flexibility index (Phi) is 3.47. The second kappa shape index (κ2) is 4.87. The monoisotopic (exact) mass is 237 g/mol. The summed E-state index contributed by atoms with van der Waals surface area (Å²) in [7, 11) is 0. The van der Waals surface area contributed by atoms with Gasteiger partial charge in [-0.1, -0.05) is 12.1 Å². The average molecular weight is 237 g/mol. The lowest BCUT2D eigenvalue weighted by Crippen LogP contribution is -2.42. The number of aromatic nitrogens is 1. The van der Waals surface area contributed by atoms with Gasteiger partial charge in [-0.15, -0.1) is 0 Å². The number of hydrogen-bond acceptors (Lipinski definition) is 4. The molecule has 1 aliphatic carbocycles. The van der Waals surface area contributed by atoms with Crippen LogP contribution in [0.5, 0.6) is 0 Å². The maximum Gasteiger partial charge on any atom is 0.257 e. The van der Waals surface area contributed by atoms with Gasteiger partial charge in [0.1, 0.15) is 11.3 Å². The number of nitrogens with zero attached hydrogens (tertiary/aromatic N) is 1. The molecule has 1 heterocycles. The van der Waals surface area contributed by atoms with Crippen molar-refractivity contribution in [2.75, 3.05) is 6.54 Å². The quantitative estimate of drug-likeness (QED) is 0.801. The Morgan fingerprint density at radius 1 is 1.65 bits per heavy atom. The summed E-state index contributed by atoms with van der Waals surface area (Å²) >= 11 is 0. The molecule has 94 valence electrons. The second-order valence-corrected chi connectivity index (χ2v) is 4.57. The Hall–Kier alpha value is -1.36. The van der Waals surface area contributed by atoms with Crippen molar-refractivity contribution in [2.24, 2.45) is 11.7 Å². The zero-order valence-corrected chi connectivity index (χ0v) is 10.3. The maximum atomic E-state index is 12.1. The van der Waals surface area contributed by atoms with Gasteiger partial charge in [0.05, 0.1) is 5.69 Å². The third kappa shape index (κ3) is 2.49. The van der Waals surface area contributed by atoms with Gasteiger partial charge in [-0.2, -0.15) is 0 Å². The van der Waals surface area contributed by atoms with Crippen molar-refractivity contribution in [2.45, 2.75) is 39.2 Å². The van der Waals surface area contributed by atoms with Crippen molar-refractivity contribution in [3.8, 4) is 0 Å². The summed E-state index contributed by atoms with van der Waals surface area (Å²) in [5, 5.41) is 6.82. The minimum absolute atomic E-state index is 0.0847. The Morgan fingerprint density at radius 2 is 2.35 bits per heavy atom. The predicted molar refractivity (Wildman–Crippen MR) is 63.7 cm³/mol. The third-order valence-electron chi connectivity index (χ3n) is 3.24. The van der Waals surface area contributed by atoms with Gasteiger partial charge in [0.15, 0.2) is 0 Å². The molecule has 0 spiro atoms. The summed E-state index contributed by atoms with van der Waals surface area (Å²) in [5.74, 6) is 1.09. The topological polar surface area (TPSA) is 81.2 Å². The molecule has 0 bridgehead atoms. The molecule has 1 aliphatic rings. The van der Waals surface area contributed by atoms with Crippen LogP contribution in [0.25, 0.3) is 0 Å². The molecule has 1 fully saturated rings. The van der Waals surface area contributed by atoms with Crippen LogP contribution in [0.15, 0.2) is 4.52 Å². The van der Waals surface area contributed by atoms with Crippen molar-refractivity contribution >= 4 is 5.91 Å². The van der Waals surface area contributed by atoms with E-state index in [-0.39, 0.29) is 11.9 Å². The van der Waals surface area contributed by atoms with E-state index in [4.69, 9.17) is 10.3 Å². The Bertz CT molecular complexity index is 410. The van der Waals surface area contributed by atoms with Crippen molar-refractivity contribution in [3.63, 3.8) is 0 Å². The normalized spacial score (nSPS) is 16.9. The third-order valence-corrected chi connectivity index (χ3v) is 3.24. The van der Waals surface area contributed by atoms with E-state index >= 15 is 0 Å². The van der Waals surface area contributed by atoms with Crippen molar-refractivity contribution in [3.05, 3.63) is 17.0 Å². The van der Waals surface area contributed by atoms with Crippen LogP contribution in [0.3, 0.4) is 0 Å². The molecule has 1 aromatic heterocycles. The van der Waals surface area contributed by atoms with Crippen LogP contribution in [0.1, 0.15) is 41.6 Å². The SMILES string of the molecule is CCc1onc(C)c1C(=O)NC(CN)C1CC1. The average Bonchev–Trinajstić information content (AvgIpc) is 3.09. The minimum atomic E-state index is -0.108. The first-order valence-corrected chi connectivity index (χ1v) is 6.13. The van der Waals surface area contributed by atoms with Crippen LogP contribution in [-0.4, -0.2) is 23.7 Å². The predicted octanol–water partition coefficient (Wildman–Crippen LogP) is 1.01. The number of carbonyl (C=O) groups excluding carboxylic acids is 1. The molecule has 5 heteroatoms. The molecule has 0 aromatic carbocycles. The Morgan fingerprint density at radius 3 is 2.88 bits per heavy atom. The van der Waals surface area contributed by atoms with Gasteiger partial charge >= 0.3 is 0 Å². The summed E-state index contributed by atoms with van der Waals surface area (Å²) < 4.78 is 5.11. The van der Waals surface area contributed by atoms with Gasteiger partial charge in [-0.05, 0) is 25.7 Å². The van der Waals surface area contributed by atoms with E-state index in [2.05, 4.69) is 10.5 Å². The number of nitrogens with one attached hydrogen (secondary N) is 1. The van der Waals surface area contributed by atoms with Crippen LogP contribution < -0.4 is 11.1 Å². The van der Waals surface area contributed by atoms with Gasteiger partial charge in [-0.3, -0.25) is 4.79 Å². The van der Waals surface area contributed by atoms with Gasteiger partial charge in [0.25, 0.3) is 5.91 Å². The number of carbonyl (C=O) groups is 1. The fourth-order valence-corrected chi connectivity index (χ4v) is 2.06. The molecule has 1 unspecified atom stereocenters. The molecule has 17 heavy (non-hydrogen) atoms.